The molecule has 0 radical (unpaired) electrons. The number of hydrogen-bond donors (Lipinski definition) is 4. The molecule has 0 aromatic heterocycles. The van der Waals surface area contributed by atoms with Gasteiger partial charge in [0.2, 0.25) is 0 Å². The third-order valence-corrected chi connectivity index (χ3v) is 1.93. The summed E-state index contributed by atoms with van der Waals surface area (Å²) in [5.74, 6) is -1.21. The van der Waals surface area contributed by atoms with Gasteiger partial charge >= 0.3 is 11.9 Å². The van der Waals surface area contributed by atoms with E-state index >= 15 is 0 Å². The molecular formula is C10H21N3O4. The first-order valence-corrected chi connectivity index (χ1v) is 5.72. The van der Waals surface area contributed by atoms with Gasteiger partial charge in [0, 0.05) is 39.0 Å². The average Bonchev–Trinajstić information content (AvgIpc) is 2.29. The molecule has 0 spiro atoms. The molecule has 0 aliphatic rings. The van der Waals surface area contributed by atoms with Crippen molar-refractivity contribution in [1.82, 2.24) is 10.8 Å². The van der Waals surface area contributed by atoms with E-state index in [0.717, 1.165) is 6.54 Å². The molecule has 0 amide bonds. The predicted octanol–water partition coefficient (Wildman–Crippen LogP) is -0.772. The van der Waals surface area contributed by atoms with Gasteiger partial charge in [-0.25, -0.2) is 0 Å². The maximum absolute atomic E-state index is 11.1. The first-order valence-electron chi connectivity index (χ1n) is 5.72. The summed E-state index contributed by atoms with van der Waals surface area (Å²) in [5.41, 5.74) is 7.80. The first-order chi connectivity index (χ1) is 8.16. The Morgan fingerprint density at radius 1 is 1.12 bits per heavy atom. The Hall–Kier alpha value is -1.18. The molecule has 0 atom stereocenters. The molecule has 7 heteroatoms. The number of carbonyl (C=O) groups excluding carboxylic acids is 1. The number of hydroxylamine groups is 1. The van der Waals surface area contributed by atoms with E-state index in [2.05, 4.69) is 10.8 Å². The Labute approximate surface area is 101 Å². The van der Waals surface area contributed by atoms with Gasteiger partial charge in [-0.15, -0.1) is 0 Å². The van der Waals surface area contributed by atoms with E-state index in [9.17, 15) is 9.59 Å². The van der Waals surface area contributed by atoms with E-state index in [-0.39, 0.29) is 18.8 Å². The fourth-order valence-corrected chi connectivity index (χ4v) is 1.09. The number of nitrogens with two attached hydrogens (primary N) is 1. The molecule has 0 fully saturated rings. The van der Waals surface area contributed by atoms with Crippen LogP contribution in [0.4, 0.5) is 0 Å². The van der Waals surface area contributed by atoms with Gasteiger partial charge in [0.25, 0.3) is 0 Å². The van der Waals surface area contributed by atoms with E-state index < -0.39 is 5.97 Å². The summed E-state index contributed by atoms with van der Waals surface area (Å²) < 4.78 is 0. The second-order valence-electron chi connectivity index (χ2n) is 3.51. The minimum absolute atomic E-state index is 0.0870. The molecule has 0 aliphatic heterocycles. The van der Waals surface area contributed by atoms with Crippen molar-refractivity contribution in [2.45, 2.75) is 25.7 Å². The fraction of sp³-hybridized carbons (Fsp3) is 0.800. The highest BCUT2D eigenvalue weighted by atomic mass is 16.7. The van der Waals surface area contributed by atoms with Gasteiger partial charge < -0.3 is 21.0 Å². The molecule has 7 nitrogen and oxygen atoms in total. The van der Waals surface area contributed by atoms with E-state index in [1.165, 1.54) is 0 Å². The zero-order valence-electron chi connectivity index (χ0n) is 9.91. The molecule has 100 valence electrons. The lowest BCUT2D eigenvalue weighted by Gasteiger charge is -2.06. The zero-order valence-corrected chi connectivity index (χ0v) is 9.91. The van der Waals surface area contributed by atoms with Crippen molar-refractivity contribution in [3.8, 4) is 0 Å². The number of carboxylic acids is 1. The van der Waals surface area contributed by atoms with Crippen molar-refractivity contribution in [3.63, 3.8) is 0 Å². The lowest BCUT2D eigenvalue weighted by Crippen LogP contribution is -2.31. The van der Waals surface area contributed by atoms with Gasteiger partial charge in [-0.05, 0) is 12.8 Å². The minimum atomic E-state index is -0.845. The van der Waals surface area contributed by atoms with Crippen LogP contribution in [0.1, 0.15) is 25.7 Å². The molecule has 0 aliphatic carbocycles. The van der Waals surface area contributed by atoms with E-state index in [1.54, 1.807) is 0 Å². The number of rotatable bonds is 11. The Balaban J connectivity index is 3.20. The lowest BCUT2D eigenvalue weighted by molar-refractivity contribution is -0.151. The predicted molar refractivity (Wildman–Crippen MR) is 62.1 cm³/mol. The SMILES string of the molecule is NCCNCCNOC(=O)CCCCC(=O)O. The van der Waals surface area contributed by atoms with Gasteiger partial charge in [0.15, 0.2) is 0 Å². The lowest BCUT2D eigenvalue weighted by atomic mass is 10.2. The molecule has 0 aromatic carbocycles. The van der Waals surface area contributed by atoms with E-state index in [0.29, 0.717) is 32.5 Å². The molecule has 0 rings (SSSR count). The van der Waals surface area contributed by atoms with Crippen LogP contribution in [0.3, 0.4) is 0 Å². The Kier molecular flexibility index (Phi) is 10.5. The summed E-state index contributed by atoms with van der Waals surface area (Å²) in [4.78, 5) is 26.0. The number of hydrogen-bond acceptors (Lipinski definition) is 6. The number of unbranched alkanes of at least 4 members (excludes halogenated alkanes) is 1. The van der Waals surface area contributed by atoms with Gasteiger partial charge in [0.05, 0.1) is 0 Å². The Bertz CT molecular complexity index is 224. The maximum atomic E-state index is 11.1. The minimum Gasteiger partial charge on any atom is -0.481 e. The van der Waals surface area contributed by atoms with Crippen LogP contribution < -0.4 is 16.5 Å². The zero-order chi connectivity index (χ0) is 12.9. The van der Waals surface area contributed by atoms with Crippen LogP contribution in [0, 0.1) is 0 Å². The molecule has 0 saturated heterocycles. The molecule has 0 saturated carbocycles. The van der Waals surface area contributed by atoms with Gasteiger partial charge in [-0.2, -0.15) is 5.48 Å². The third-order valence-electron chi connectivity index (χ3n) is 1.93. The molecule has 0 aromatic rings. The van der Waals surface area contributed by atoms with Crippen molar-refractivity contribution < 1.29 is 19.5 Å². The third kappa shape index (κ3) is 12.8. The topological polar surface area (TPSA) is 114 Å². The van der Waals surface area contributed by atoms with Crippen molar-refractivity contribution >= 4 is 11.9 Å². The van der Waals surface area contributed by atoms with Gasteiger partial charge in [-0.3, -0.25) is 9.59 Å². The van der Waals surface area contributed by atoms with Crippen LogP contribution in [0.2, 0.25) is 0 Å². The molecule has 0 unspecified atom stereocenters. The van der Waals surface area contributed by atoms with Crippen LogP contribution >= 0.6 is 0 Å². The highest BCUT2D eigenvalue weighted by Gasteiger charge is 2.03. The summed E-state index contributed by atoms with van der Waals surface area (Å²) in [6.07, 6.45) is 1.33. The van der Waals surface area contributed by atoms with E-state index in [4.69, 9.17) is 15.7 Å². The highest BCUT2D eigenvalue weighted by molar-refractivity contribution is 5.69. The summed E-state index contributed by atoms with van der Waals surface area (Å²) in [6.45, 7) is 2.48. The van der Waals surface area contributed by atoms with Crippen molar-refractivity contribution in [3.05, 3.63) is 0 Å². The number of nitrogens with one attached hydrogen (secondary N) is 2. The molecule has 0 bridgehead atoms. The normalized spacial score (nSPS) is 10.2. The molecular weight excluding hydrogens is 226 g/mol. The Morgan fingerprint density at radius 3 is 2.47 bits per heavy atom. The molecule has 5 N–H and O–H groups in total. The van der Waals surface area contributed by atoms with Gasteiger partial charge in [-0.1, -0.05) is 0 Å². The number of carboxylic acid groups (broad SMARTS) is 1. The van der Waals surface area contributed by atoms with Crippen LogP contribution in [-0.4, -0.2) is 43.2 Å². The Morgan fingerprint density at radius 2 is 1.82 bits per heavy atom. The van der Waals surface area contributed by atoms with Crippen LogP contribution in [0.25, 0.3) is 0 Å². The van der Waals surface area contributed by atoms with Crippen molar-refractivity contribution in [2.24, 2.45) is 5.73 Å². The quantitative estimate of drug-likeness (QED) is 0.280. The fourth-order valence-electron chi connectivity index (χ4n) is 1.09. The van der Waals surface area contributed by atoms with Crippen molar-refractivity contribution in [1.29, 1.82) is 0 Å². The first kappa shape index (κ1) is 15.8. The molecule has 0 heterocycles. The smallest absolute Gasteiger partial charge is 0.324 e. The van der Waals surface area contributed by atoms with E-state index in [1.807, 2.05) is 0 Å². The van der Waals surface area contributed by atoms with Crippen LogP contribution in [-0.2, 0) is 14.4 Å². The summed E-state index contributed by atoms with van der Waals surface area (Å²) in [6, 6.07) is 0. The summed E-state index contributed by atoms with van der Waals surface area (Å²) in [5, 5.41) is 11.4. The molecule has 17 heavy (non-hydrogen) atoms. The van der Waals surface area contributed by atoms with Gasteiger partial charge in [0.1, 0.15) is 0 Å². The largest absolute Gasteiger partial charge is 0.481 e. The highest BCUT2D eigenvalue weighted by Crippen LogP contribution is 2.00. The summed E-state index contributed by atoms with van der Waals surface area (Å²) in [7, 11) is 0. The maximum Gasteiger partial charge on any atom is 0.324 e. The van der Waals surface area contributed by atoms with Crippen LogP contribution in [0.5, 0.6) is 0 Å². The second kappa shape index (κ2) is 11.3. The second-order valence-corrected chi connectivity index (χ2v) is 3.51. The van der Waals surface area contributed by atoms with Crippen molar-refractivity contribution in [2.75, 3.05) is 26.2 Å². The van der Waals surface area contributed by atoms with Crippen LogP contribution in [0.15, 0.2) is 0 Å². The standard InChI is InChI=1S/C10H21N3O4/c11-5-6-12-7-8-13-17-10(16)4-2-1-3-9(14)15/h12-13H,1-8,11H2,(H,14,15). The summed E-state index contributed by atoms with van der Waals surface area (Å²) >= 11 is 0. The number of carbonyl (C=O) groups is 2. The average molecular weight is 247 g/mol. The number of aliphatic carboxylic acids is 1. The monoisotopic (exact) mass is 247 g/mol.